The van der Waals surface area contributed by atoms with E-state index in [1.807, 2.05) is 4.90 Å². The van der Waals surface area contributed by atoms with Gasteiger partial charge in [0.2, 0.25) is 11.8 Å². The summed E-state index contributed by atoms with van der Waals surface area (Å²) in [4.78, 5) is 21.1. The maximum Gasteiger partial charge on any atom is 0.240 e. The number of aromatic nitrogens is 2. The Morgan fingerprint density at radius 3 is 2.54 bits per heavy atom. The van der Waals surface area contributed by atoms with Crippen LogP contribution in [0.4, 0.5) is 0 Å². The van der Waals surface area contributed by atoms with Crippen molar-refractivity contribution in [3.8, 4) is 0 Å². The lowest BCUT2D eigenvalue weighted by Gasteiger charge is -2.33. The van der Waals surface area contributed by atoms with Crippen molar-refractivity contribution in [3.05, 3.63) is 11.7 Å². The molecule has 7 heteroatoms. The van der Waals surface area contributed by atoms with Gasteiger partial charge < -0.3 is 14.2 Å². The summed E-state index contributed by atoms with van der Waals surface area (Å²) in [5, 5.41) is 4.01. The third-order valence-electron chi connectivity index (χ3n) is 4.89. The molecular weight excluding hydrogens is 308 g/mol. The number of piperidine rings is 1. The molecule has 134 valence electrons. The van der Waals surface area contributed by atoms with Gasteiger partial charge in [-0.15, -0.1) is 0 Å². The highest BCUT2D eigenvalue weighted by Crippen LogP contribution is 2.23. The highest BCUT2D eigenvalue weighted by molar-refractivity contribution is 5.76. The van der Waals surface area contributed by atoms with Gasteiger partial charge in [-0.1, -0.05) is 19.0 Å². The van der Waals surface area contributed by atoms with Gasteiger partial charge >= 0.3 is 0 Å². The number of carbonyl (C=O) groups excluding carboxylic acids is 1. The molecule has 1 amide bonds. The minimum Gasteiger partial charge on any atom is -0.378 e. The molecule has 24 heavy (non-hydrogen) atoms. The van der Waals surface area contributed by atoms with Crippen LogP contribution in [0.25, 0.3) is 0 Å². The molecule has 0 radical (unpaired) electrons. The van der Waals surface area contributed by atoms with Crippen molar-refractivity contribution in [3.63, 3.8) is 0 Å². The Morgan fingerprint density at radius 1 is 1.21 bits per heavy atom. The first-order valence-electron chi connectivity index (χ1n) is 9.02. The highest BCUT2D eigenvalue weighted by atomic mass is 16.5. The first-order valence-corrected chi connectivity index (χ1v) is 9.02. The summed E-state index contributed by atoms with van der Waals surface area (Å²) >= 11 is 0. The molecule has 2 saturated heterocycles. The third-order valence-corrected chi connectivity index (χ3v) is 4.89. The van der Waals surface area contributed by atoms with Crippen LogP contribution >= 0.6 is 0 Å². The fourth-order valence-corrected chi connectivity index (χ4v) is 3.30. The Kier molecular flexibility index (Phi) is 5.84. The van der Waals surface area contributed by atoms with Gasteiger partial charge in [0.1, 0.15) is 0 Å². The third kappa shape index (κ3) is 4.54. The number of rotatable bonds is 5. The molecule has 0 N–H and O–H groups in total. The zero-order chi connectivity index (χ0) is 16.9. The van der Waals surface area contributed by atoms with Crippen molar-refractivity contribution in [1.82, 2.24) is 19.9 Å². The number of ether oxygens (including phenoxy) is 1. The van der Waals surface area contributed by atoms with E-state index in [4.69, 9.17) is 9.26 Å². The van der Waals surface area contributed by atoms with Crippen molar-refractivity contribution >= 4 is 5.91 Å². The van der Waals surface area contributed by atoms with Crippen molar-refractivity contribution < 1.29 is 14.1 Å². The molecule has 0 unspecified atom stereocenters. The Labute approximate surface area is 143 Å². The van der Waals surface area contributed by atoms with Crippen LogP contribution in [0.1, 0.15) is 50.7 Å². The van der Waals surface area contributed by atoms with Gasteiger partial charge in [-0.2, -0.15) is 4.98 Å². The number of likely N-dealkylation sites (tertiary alicyclic amines) is 1. The van der Waals surface area contributed by atoms with Crippen molar-refractivity contribution in [2.75, 3.05) is 39.4 Å². The molecule has 3 heterocycles. The van der Waals surface area contributed by atoms with E-state index >= 15 is 0 Å². The van der Waals surface area contributed by atoms with Crippen LogP contribution in [0.3, 0.4) is 0 Å². The molecule has 2 fully saturated rings. The molecule has 1 aromatic rings. The van der Waals surface area contributed by atoms with Gasteiger partial charge in [0.05, 0.1) is 19.8 Å². The predicted octanol–water partition coefficient (Wildman–Crippen LogP) is 1.65. The fraction of sp³-hybridized carbons (Fsp3) is 0.824. The maximum absolute atomic E-state index is 12.3. The lowest BCUT2D eigenvalue weighted by atomic mass is 9.93. The van der Waals surface area contributed by atoms with Crippen molar-refractivity contribution in [2.24, 2.45) is 5.92 Å². The second-order valence-corrected chi connectivity index (χ2v) is 7.12. The molecule has 2 aliphatic heterocycles. The maximum atomic E-state index is 12.3. The molecule has 0 bridgehead atoms. The highest BCUT2D eigenvalue weighted by Gasteiger charge is 2.25. The van der Waals surface area contributed by atoms with Crippen LogP contribution in [-0.2, 0) is 16.1 Å². The second kappa shape index (κ2) is 8.07. The van der Waals surface area contributed by atoms with Gasteiger partial charge in [-0.05, 0) is 31.8 Å². The summed E-state index contributed by atoms with van der Waals surface area (Å²) < 4.78 is 10.6. The van der Waals surface area contributed by atoms with Gasteiger partial charge in [0.15, 0.2) is 5.82 Å². The lowest BCUT2D eigenvalue weighted by Crippen LogP contribution is -2.42. The summed E-state index contributed by atoms with van der Waals surface area (Å²) in [5.41, 5.74) is 0. The van der Waals surface area contributed by atoms with Crippen LogP contribution in [0, 0.1) is 5.92 Å². The monoisotopic (exact) mass is 336 g/mol. The summed E-state index contributed by atoms with van der Waals surface area (Å²) in [7, 11) is 0. The largest absolute Gasteiger partial charge is 0.378 e. The molecule has 0 aromatic carbocycles. The average Bonchev–Trinajstić information content (AvgIpc) is 3.06. The summed E-state index contributed by atoms with van der Waals surface area (Å²) in [5.74, 6) is 2.54. The molecule has 0 aliphatic carbocycles. The van der Waals surface area contributed by atoms with E-state index in [1.54, 1.807) is 0 Å². The smallest absolute Gasteiger partial charge is 0.240 e. The Morgan fingerprint density at radius 2 is 1.92 bits per heavy atom. The Balaban J connectivity index is 1.41. The SMILES string of the molecule is CC(C)c1noc(CN2CCC(CC(=O)N3CCOCC3)CC2)n1. The first kappa shape index (κ1) is 17.4. The summed E-state index contributed by atoms with van der Waals surface area (Å²) in [6.07, 6.45) is 2.79. The normalized spacial score (nSPS) is 20.7. The van der Waals surface area contributed by atoms with Crippen LogP contribution in [0.5, 0.6) is 0 Å². The van der Waals surface area contributed by atoms with E-state index in [0.29, 0.717) is 43.9 Å². The quantitative estimate of drug-likeness (QED) is 0.814. The minimum absolute atomic E-state index is 0.287. The van der Waals surface area contributed by atoms with Crippen LogP contribution in [0.2, 0.25) is 0 Å². The standard InChI is InChI=1S/C17H28N4O3/c1-13(2)17-18-15(24-19-17)12-20-5-3-14(4-6-20)11-16(22)21-7-9-23-10-8-21/h13-14H,3-12H2,1-2H3. The number of hydrogen-bond acceptors (Lipinski definition) is 6. The van der Waals surface area contributed by atoms with Crippen LogP contribution < -0.4 is 0 Å². The van der Waals surface area contributed by atoms with E-state index in [2.05, 4.69) is 28.9 Å². The van der Waals surface area contributed by atoms with Gasteiger partial charge in [0, 0.05) is 25.4 Å². The Bertz CT molecular complexity index is 532. The lowest BCUT2D eigenvalue weighted by molar-refractivity contribution is -0.136. The van der Waals surface area contributed by atoms with E-state index in [9.17, 15) is 4.79 Å². The summed E-state index contributed by atoms with van der Waals surface area (Å²) in [6, 6.07) is 0. The Hall–Kier alpha value is -1.47. The molecular formula is C17H28N4O3. The predicted molar refractivity (Wildman–Crippen MR) is 88.4 cm³/mol. The number of morpholine rings is 1. The molecule has 3 rings (SSSR count). The number of hydrogen-bond donors (Lipinski definition) is 0. The molecule has 1 aromatic heterocycles. The summed E-state index contributed by atoms with van der Waals surface area (Å²) in [6.45, 7) is 9.64. The molecule has 0 saturated carbocycles. The minimum atomic E-state index is 0.287. The topological polar surface area (TPSA) is 71.7 Å². The van der Waals surface area contributed by atoms with Crippen LogP contribution in [0.15, 0.2) is 4.52 Å². The zero-order valence-corrected chi connectivity index (χ0v) is 14.7. The van der Waals surface area contributed by atoms with Gasteiger partial charge in [-0.3, -0.25) is 9.69 Å². The van der Waals surface area contributed by atoms with E-state index in [1.165, 1.54) is 0 Å². The number of nitrogens with zero attached hydrogens (tertiary/aromatic N) is 4. The molecule has 0 atom stereocenters. The van der Waals surface area contributed by atoms with Crippen molar-refractivity contribution in [1.29, 1.82) is 0 Å². The van der Waals surface area contributed by atoms with E-state index in [-0.39, 0.29) is 5.91 Å². The fourth-order valence-electron chi connectivity index (χ4n) is 3.30. The number of amides is 1. The molecule has 7 nitrogen and oxygen atoms in total. The first-order chi connectivity index (χ1) is 11.6. The van der Waals surface area contributed by atoms with Gasteiger partial charge in [-0.25, -0.2) is 0 Å². The average molecular weight is 336 g/mol. The molecule has 0 spiro atoms. The number of carbonyl (C=O) groups is 1. The van der Waals surface area contributed by atoms with Gasteiger partial charge in [0.25, 0.3) is 0 Å². The van der Waals surface area contributed by atoms with E-state index < -0.39 is 0 Å². The second-order valence-electron chi connectivity index (χ2n) is 7.12. The van der Waals surface area contributed by atoms with Crippen LogP contribution in [-0.4, -0.2) is 65.2 Å². The zero-order valence-electron chi connectivity index (χ0n) is 14.7. The van der Waals surface area contributed by atoms with Crippen molar-refractivity contribution in [2.45, 2.75) is 45.6 Å². The molecule has 2 aliphatic rings. The van der Waals surface area contributed by atoms with E-state index in [0.717, 1.165) is 44.8 Å².